The van der Waals surface area contributed by atoms with Crippen LogP contribution in [0.3, 0.4) is 0 Å². The molecule has 1 aromatic carbocycles. The number of aromatic nitrogens is 2. The molecule has 29 heavy (non-hydrogen) atoms. The zero-order valence-corrected chi connectivity index (χ0v) is 17.4. The SMILES string of the molecule is Cc1cccc2c(=O)n(CC(=O)NC3CCN(CC4CCCCC4)CC3)cnc12. The van der Waals surface area contributed by atoms with Crippen molar-refractivity contribution in [1.82, 2.24) is 19.8 Å². The van der Waals surface area contributed by atoms with E-state index in [9.17, 15) is 9.59 Å². The Hall–Kier alpha value is -2.21. The van der Waals surface area contributed by atoms with Gasteiger partial charge in [0.2, 0.25) is 5.91 Å². The third kappa shape index (κ3) is 4.86. The summed E-state index contributed by atoms with van der Waals surface area (Å²) in [6.07, 6.45) is 10.4. The van der Waals surface area contributed by atoms with E-state index in [1.54, 1.807) is 6.07 Å². The Morgan fingerprint density at radius 2 is 1.90 bits per heavy atom. The molecule has 1 saturated carbocycles. The van der Waals surface area contributed by atoms with Crippen molar-refractivity contribution in [3.05, 3.63) is 40.4 Å². The van der Waals surface area contributed by atoms with Crippen LogP contribution in [0.25, 0.3) is 10.9 Å². The third-order valence-corrected chi connectivity index (χ3v) is 6.56. The highest BCUT2D eigenvalue weighted by Gasteiger charge is 2.23. The molecule has 2 heterocycles. The lowest BCUT2D eigenvalue weighted by atomic mass is 9.88. The molecule has 2 aliphatic rings. The van der Waals surface area contributed by atoms with Gasteiger partial charge in [0.25, 0.3) is 5.56 Å². The highest BCUT2D eigenvalue weighted by Crippen LogP contribution is 2.25. The van der Waals surface area contributed by atoms with Crippen LogP contribution in [0.1, 0.15) is 50.5 Å². The lowest BCUT2D eigenvalue weighted by Gasteiger charge is -2.35. The van der Waals surface area contributed by atoms with Crippen molar-refractivity contribution < 1.29 is 4.79 Å². The molecule has 1 aliphatic carbocycles. The van der Waals surface area contributed by atoms with E-state index < -0.39 is 0 Å². The predicted molar refractivity (Wildman–Crippen MR) is 115 cm³/mol. The van der Waals surface area contributed by atoms with Gasteiger partial charge in [0.15, 0.2) is 0 Å². The number of para-hydroxylation sites is 1. The van der Waals surface area contributed by atoms with Crippen LogP contribution in [0, 0.1) is 12.8 Å². The Morgan fingerprint density at radius 3 is 2.66 bits per heavy atom. The van der Waals surface area contributed by atoms with Gasteiger partial charge in [0, 0.05) is 25.7 Å². The molecule has 1 aromatic heterocycles. The van der Waals surface area contributed by atoms with Gasteiger partial charge in [-0.25, -0.2) is 4.98 Å². The molecule has 2 fully saturated rings. The quantitative estimate of drug-likeness (QED) is 0.844. The summed E-state index contributed by atoms with van der Waals surface area (Å²) in [5.41, 5.74) is 1.52. The standard InChI is InChI=1S/C23H32N4O2/c1-17-6-5-9-20-22(17)24-16-27(23(20)29)15-21(28)25-19-10-12-26(13-11-19)14-18-7-3-2-4-8-18/h5-6,9,16,18-19H,2-4,7-8,10-15H2,1H3,(H,25,28). The van der Waals surface area contributed by atoms with Gasteiger partial charge in [0.1, 0.15) is 6.54 Å². The van der Waals surface area contributed by atoms with Gasteiger partial charge < -0.3 is 10.2 Å². The van der Waals surface area contributed by atoms with Crippen molar-refractivity contribution in [1.29, 1.82) is 0 Å². The molecule has 2 aromatic rings. The number of nitrogens with zero attached hydrogens (tertiary/aromatic N) is 3. The fraction of sp³-hybridized carbons (Fsp3) is 0.609. The molecular formula is C23H32N4O2. The van der Waals surface area contributed by atoms with Gasteiger partial charge >= 0.3 is 0 Å². The Bertz CT molecular complexity index is 909. The maximum atomic E-state index is 12.7. The maximum Gasteiger partial charge on any atom is 0.261 e. The lowest BCUT2D eigenvalue weighted by molar-refractivity contribution is -0.122. The molecule has 0 spiro atoms. The molecule has 1 saturated heterocycles. The summed E-state index contributed by atoms with van der Waals surface area (Å²) in [6.45, 7) is 5.29. The summed E-state index contributed by atoms with van der Waals surface area (Å²) in [5, 5.41) is 3.69. The van der Waals surface area contributed by atoms with Gasteiger partial charge in [-0.2, -0.15) is 0 Å². The van der Waals surface area contributed by atoms with E-state index in [1.807, 2.05) is 19.1 Å². The molecule has 1 amide bonds. The van der Waals surface area contributed by atoms with Crippen LogP contribution >= 0.6 is 0 Å². The molecule has 1 aliphatic heterocycles. The fourth-order valence-corrected chi connectivity index (χ4v) is 4.87. The van der Waals surface area contributed by atoms with E-state index in [0.717, 1.165) is 37.4 Å². The first-order valence-electron chi connectivity index (χ1n) is 11.1. The second-order valence-electron chi connectivity index (χ2n) is 8.80. The molecule has 156 valence electrons. The number of hydrogen-bond acceptors (Lipinski definition) is 4. The van der Waals surface area contributed by atoms with Crippen LogP contribution in [-0.4, -0.2) is 46.0 Å². The number of benzene rings is 1. The van der Waals surface area contributed by atoms with Crippen molar-refractivity contribution in [2.45, 2.75) is 64.5 Å². The zero-order valence-electron chi connectivity index (χ0n) is 17.4. The Morgan fingerprint density at radius 1 is 1.14 bits per heavy atom. The zero-order chi connectivity index (χ0) is 20.2. The highest BCUT2D eigenvalue weighted by atomic mass is 16.2. The first-order valence-corrected chi connectivity index (χ1v) is 11.1. The van der Waals surface area contributed by atoms with E-state index in [4.69, 9.17) is 0 Å². The Kier molecular flexibility index (Phi) is 6.28. The molecular weight excluding hydrogens is 364 g/mol. The summed E-state index contributed by atoms with van der Waals surface area (Å²) in [4.78, 5) is 32.2. The minimum absolute atomic E-state index is 0.0258. The van der Waals surface area contributed by atoms with Gasteiger partial charge in [-0.3, -0.25) is 14.2 Å². The molecule has 0 atom stereocenters. The largest absolute Gasteiger partial charge is 0.352 e. The van der Waals surface area contributed by atoms with Crippen LogP contribution in [-0.2, 0) is 11.3 Å². The summed E-state index contributed by atoms with van der Waals surface area (Å²) < 4.78 is 1.41. The minimum atomic E-state index is -0.156. The Labute approximate surface area is 172 Å². The molecule has 6 heteroatoms. The second-order valence-corrected chi connectivity index (χ2v) is 8.80. The summed E-state index contributed by atoms with van der Waals surface area (Å²) in [5.74, 6) is 0.762. The number of nitrogens with one attached hydrogen (secondary N) is 1. The number of piperidine rings is 1. The van der Waals surface area contributed by atoms with Crippen LogP contribution in [0.2, 0.25) is 0 Å². The fourth-order valence-electron chi connectivity index (χ4n) is 4.87. The Balaban J connectivity index is 1.29. The van der Waals surface area contributed by atoms with Crippen LogP contribution in [0.15, 0.2) is 29.3 Å². The maximum absolute atomic E-state index is 12.7. The monoisotopic (exact) mass is 396 g/mol. The average molecular weight is 397 g/mol. The van der Waals surface area contributed by atoms with Crippen molar-refractivity contribution in [3.63, 3.8) is 0 Å². The van der Waals surface area contributed by atoms with Crippen molar-refractivity contribution in [2.24, 2.45) is 5.92 Å². The number of amides is 1. The van der Waals surface area contributed by atoms with Gasteiger partial charge in [0.05, 0.1) is 17.2 Å². The van der Waals surface area contributed by atoms with E-state index in [2.05, 4.69) is 15.2 Å². The number of aryl methyl sites for hydroxylation is 1. The highest BCUT2D eigenvalue weighted by molar-refractivity contribution is 5.81. The van der Waals surface area contributed by atoms with Crippen LogP contribution < -0.4 is 10.9 Å². The first kappa shape index (κ1) is 20.1. The first-order chi connectivity index (χ1) is 14.1. The summed E-state index contributed by atoms with van der Waals surface area (Å²) >= 11 is 0. The van der Waals surface area contributed by atoms with Gasteiger partial charge in [-0.05, 0) is 50.2 Å². The summed E-state index contributed by atoms with van der Waals surface area (Å²) in [7, 11) is 0. The van der Waals surface area contributed by atoms with E-state index >= 15 is 0 Å². The number of hydrogen-bond donors (Lipinski definition) is 1. The van der Waals surface area contributed by atoms with Gasteiger partial charge in [-0.15, -0.1) is 0 Å². The number of fused-ring (bicyclic) bond motifs is 1. The average Bonchev–Trinajstić information content (AvgIpc) is 2.73. The van der Waals surface area contributed by atoms with Crippen molar-refractivity contribution >= 4 is 16.8 Å². The molecule has 6 nitrogen and oxygen atoms in total. The van der Waals surface area contributed by atoms with E-state index in [0.29, 0.717) is 10.9 Å². The third-order valence-electron chi connectivity index (χ3n) is 6.56. The normalized spacial score (nSPS) is 19.5. The van der Waals surface area contributed by atoms with E-state index in [-0.39, 0.29) is 24.1 Å². The second kappa shape index (κ2) is 9.08. The molecule has 0 radical (unpaired) electrons. The molecule has 0 bridgehead atoms. The molecule has 0 unspecified atom stereocenters. The predicted octanol–water partition coefficient (Wildman–Crippen LogP) is 2.87. The van der Waals surface area contributed by atoms with Crippen LogP contribution in [0.4, 0.5) is 0 Å². The number of carbonyl (C=O) groups excluding carboxylic acids is 1. The number of carbonyl (C=O) groups is 1. The van der Waals surface area contributed by atoms with E-state index in [1.165, 1.54) is 49.5 Å². The van der Waals surface area contributed by atoms with Crippen molar-refractivity contribution in [2.75, 3.05) is 19.6 Å². The topological polar surface area (TPSA) is 67.2 Å². The number of rotatable bonds is 5. The minimum Gasteiger partial charge on any atom is -0.352 e. The summed E-state index contributed by atoms with van der Waals surface area (Å²) in [6, 6.07) is 5.77. The van der Waals surface area contributed by atoms with Crippen LogP contribution in [0.5, 0.6) is 0 Å². The number of likely N-dealkylation sites (tertiary alicyclic amines) is 1. The van der Waals surface area contributed by atoms with Crippen molar-refractivity contribution in [3.8, 4) is 0 Å². The van der Waals surface area contributed by atoms with Gasteiger partial charge in [-0.1, -0.05) is 31.4 Å². The lowest BCUT2D eigenvalue weighted by Crippen LogP contribution is -2.47. The smallest absolute Gasteiger partial charge is 0.261 e. The molecule has 1 N–H and O–H groups in total. The molecule has 4 rings (SSSR count).